The normalized spacial score (nSPS) is 17.3. The van der Waals surface area contributed by atoms with Gasteiger partial charge in [0.15, 0.2) is 0 Å². The molecule has 0 radical (unpaired) electrons. The molecule has 0 amide bonds. The molecule has 1 aliphatic rings. The Morgan fingerprint density at radius 3 is 2.70 bits per heavy atom. The van der Waals surface area contributed by atoms with E-state index >= 15 is 0 Å². The van der Waals surface area contributed by atoms with Crippen LogP contribution in [0.25, 0.3) is 0 Å². The van der Waals surface area contributed by atoms with Gasteiger partial charge in [-0.2, -0.15) is 0 Å². The maximum atomic E-state index is 12.3. The lowest BCUT2D eigenvalue weighted by atomic mass is 10.0. The highest BCUT2D eigenvalue weighted by atomic mass is 32.2. The minimum Gasteiger partial charge on any atom is -0.313 e. The molecule has 6 heteroatoms. The van der Waals surface area contributed by atoms with Gasteiger partial charge in [-0.1, -0.05) is 20.3 Å². The van der Waals surface area contributed by atoms with Crippen molar-refractivity contribution in [3.8, 4) is 0 Å². The first-order chi connectivity index (χ1) is 9.51. The lowest BCUT2D eigenvalue weighted by Crippen LogP contribution is -2.29. The molecular formula is C14H24N2O2S2. The van der Waals surface area contributed by atoms with E-state index in [0.29, 0.717) is 10.8 Å². The van der Waals surface area contributed by atoms with Crippen molar-refractivity contribution >= 4 is 21.4 Å². The number of rotatable bonds is 9. The number of thiophene rings is 1. The Balaban J connectivity index is 1.94. The highest BCUT2D eigenvalue weighted by Crippen LogP contribution is 2.49. The van der Waals surface area contributed by atoms with Gasteiger partial charge >= 0.3 is 0 Å². The first kappa shape index (κ1) is 15.9. The summed E-state index contributed by atoms with van der Waals surface area (Å²) in [5.74, 6) is 0. The largest absolute Gasteiger partial charge is 0.313 e. The molecule has 0 bridgehead atoms. The van der Waals surface area contributed by atoms with Crippen molar-refractivity contribution in [2.75, 3.05) is 13.1 Å². The van der Waals surface area contributed by atoms with Crippen molar-refractivity contribution in [2.45, 2.75) is 50.3 Å². The van der Waals surface area contributed by atoms with Gasteiger partial charge in [-0.05, 0) is 48.2 Å². The molecular weight excluding hydrogens is 292 g/mol. The van der Waals surface area contributed by atoms with Crippen LogP contribution in [0.3, 0.4) is 0 Å². The van der Waals surface area contributed by atoms with Crippen LogP contribution >= 0.6 is 11.3 Å². The number of nitrogens with one attached hydrogen (secondary N) is 2. The molecule has 1 heterocycles. The fourth-order valence-corrected chi connectivity index (χ4v) is 4.81. The van der Waals surface area contributed by atoms with E-state index < -0.39 is 10.0 Å². The molecule has 1 aromatic rings. The third-order valence-electron chi connectivity index (χ3n) is 3.85. The molecule has 1 saturated carbocycles. The first-order valence-corrected chi connectivity index (χ1v) is 9.65. The smallest absolute Gasteiger partial charge is 0.250 e. The minimum atomic E-state index is -3.34. The Labute approximate surface area is 126 Å². The predicted octanol–water partition coefficient (Wildman–Crippen LogP) is 2.72. The summed E-state index contributed by atoms with van der Waals surface area (Å²) < 4.78 is 27.8. The van der Waals surface area contributed by atoms with Crippen LogP contribution < -0.4 is 10.0 Å². The van der Waals surface area contributed by atoms with Crippen molar-refractivity contribution in [1.82, 2.24) is 10.0 Å². The second kappa shape index (κ2) is 6.56. The SMILES string of the molecule is CCCC1(CNS(=O)(=O)c2cc(CNCC)cs2)CC1. The maximum absolute atomic E-state index is 12.3. The zero-order chi connectivity index (χ0) is 14.6. The Kier molecular flexibility index (Phi) is 5.23. The lowest BCUT2D eigenvalue weighted by Gasteiger charge is -2.14. The van der Waals surface area contributed by atoms with Gasteiger partial charge in [0.1, 0.15) is 4.21 Å². The summed E-state index contributed by atoms with van der Waals surface area (Å²) in [6.07, 6.45) is 4.54. The Hall–Kier alpha value is -0.430. The second-order valence-corrected chi connectivity index (χ2v) is 8.53. The molecule has 2 rings (SSSR count). The van der Waals surface area contributed by atoms with E-state index in [2.05, 4.69) is 17.0 Å². The first-order valence-electron chi connectivity index (χ1n) is 7.29. The molecule has 0 atom stereocenters. The predicted molar refractivity (Wildman–Crippen MR) is 83.5 cm³/mol. The van der Waals surface area contributed by atoms with Gasteiger partial charge in [0.05, 0.1) is 0 Å². The number of hydrogen-bond donors (Lipinski definition) is 2. The Morgan fingerprint density at radius 1 is 1.35 bits per heavy atom. The van der Waals surface area contributed by atoms with E-state index in [0.717, 1.165) is 44.3 Å². The zero-order valence-electron chi connectivity index (χ0n) is 12.2. The fourth-order valence-electron chi connectivity index (χ4n) is 2.40. The van der Waals surface area contributed by atoms with Crippen molar-refractivity contribution in [3.05, 3.63) is 17.0 Å². The standard InChI is InChI=1S/C14H24N2O2S2/c1-3-5-14(6-7-14)11-16-20(17,18)13-8-12(10-19-13)9-15-4-2/h8,10,15-16H,3-7,9,11H2,1-2H3. The van der Waals surface area contributed by atoms with Crippen LogP contribution in [0.2, 0.25) is 0 Å². The topological polar surface area (TPSA) is 58.2 Å². The summed E-state index contributed by atoms with van der Waals surface area (Å²) in [4.78, 5) is 0. The Bertz CT molecular complexity index is 533. The monoisotopic (exact) mass is 316 g/mol. The van der Waals surface area contributed by atoms with Crippen LogP contribution in [0, 0.1) is 5.41 Å². The third kappa shape index (κ3) is 4.04. The van der Waals surface area contributed by atoms with Crippen LogP contribution in [0.15, 0.2) is 15.7 Å². The zero-order valence-corrected chi connectivity index (χ0v) is 13.9. The van der Waals surface area contributed by atoms with E-state index in [1.54, 1.807) is 6.07 Å². The molecule has 0 saturated heterocycles. The quantitative estimate of drug-likeness (QED) is 0.736. The number of hydrogen-bond acceptors (Lipinski definition) is 4. The van der Waals surface area contributed by atoms with Gasteiger partial charge in [0.2, 0.25) is 10.0 Å². The van der Waals surface area contributed by atoms with E-state index in [4.69, 9.17) is 0 Å². The summed E-state index contributed by atoms with van der Waals surface area (Å²) >= 11 is 1.30. The van der Waals surface area contributed by atoms with Gasteiger partial charge in [-0.25, -0.2) is 13.1 Å². The fraction of sp³-hybridized carbons (Fsp3) is 0.714. The van der Waals surface area contributed by atoms with Gasteiger partial charge in [-0.3, -0.25) is 0 Å². The third-order valence-corrected chi connectivity index (χ3v) is 6.74. The maximum Gasteiger partial charge on any atom is 0.250 e. The van der Waals surface area contributed by atoms with E-state index in [1.165, 1.54) is 11.3 Å². The van der Waals surface area contributed by atoms with Crippen LogP contribution in [-0.4, -0.2) is 21.5 Å². The van der Waals surface area contributed by atoms with Gasteiger partial charge in [-0.15, -0.1) is 11.3 Å². The lowest BCUT2D eigenvalue weighted by molar-refractivity contribution is 0.449. The van der Waals surface area contributed by atoms with Crippen molar-refractivity contribution in [3.63, 3.8) is 0 Å². The molecule has 4 nitrogen and oxygen atoms in total. The van der Waals surface area contributed by atoms with E-state index in [-0.39, 0.29) is 5.41 Å². The van der Waals surface area contributed by atoms with E-state index in [9.17, 15) is 8.42 Å². The van der Waals surface area contributed by atoms with Gasteiger partial charge < -0.3 is 5.32 Å². The summed E-state index contributed by atoms with van der Waals surface area (Å²) in [6, 6.07) is 1.77. The molecule has 20 heavy (non-hydrogen) atoms. The van der Waals surface area contributed by atoms with Crippen LogP contribution in [0.5, 0.6) is 0 Å². The van der Waals surface area contributed by atoms with Crippen molar-refractivity contribution in [1.29, 1.82) is 0 Å². The summed E-state index contributed by atoms with van der Waals surface area (Å²) in [5.41, 5.74) is 1.28. The van der Waals surface area contributed by atoms with Crippen molar-refractivity contribution in [2.24, 2.45) is 5.41 Å². The average molecular weight is 316 g/mol. The Morgan fingerprint density at radius 2 is 2.10 bits per heavy atom. The molecule has 0 spiro atoms. The molecule has 0 aliphatic heterocycles. The molecule has 0 unspecified atom stereocenters. The van der Waals surface area contributed by atoms with Crippen LogP contribution in [-0.2, 0) is 16.6 Å². The molecule has 114 valence electrons. The molecule has 1 fully saturated rings. The number of sulfonamides is 1. The molecule has 1 aliphatic carbocycles. The molecule has 2 N–H and O–H groups in total. The summed E-state index contributed by atoms with van der Waals surface area (Å²) in [7, 11) is -3.34. The summed E-state index contributed by atoms with van der Waals surface area (Å²) in [5, 5.41) is 5.12. The molecule has 0 aromatic carbocycles. The minimum absolute atomic E-state index is 0.242. The second-order valence-electron chi connectivity index (χ2n) is 5.63. The van der Waals surface area contributed by atoms with Gasteiger partial charge in [0.25, 0.3) is 0 Å². The average Bonchev–Trinajstić information content (AvgIpc) is 3.01. The van der Waals surface area contributed by atoms with Crippen molar-refractivity contribution < 1.29 is 8.42 Å². The van der Waals surface area contributed by atoms with Gasteiger partial charge in [0, 0.05) is 13.1 Å². The molecule has 1 aromatic heterocycles. The highest BCUT2D eigenvalue weighted by molar-refractivity contribution is 7.91. The summed E-state index contributed by atoms with van der Waals surface area (Å²) in [6.45, 7) is 6.39. The van der Waals surface area contributed by atoms with Crippen LogP contribution in [0.1, 0.15) is 45.1 Å². The highest BCUT2D eigenvalue weighted by Gasteiger charge is 2.42. The van der Waals surface area contributed by atoms with E-state index in [1.807, 2.05) is 12.3 Å². The van der Waals surface area contributed by atoms with Crippen LogP contribution in [0.4, 0.5) is 0 Å².